The van der Waals surface area contributed by atoms with Crippen molar-refractivity contribution in [2.24, 2.45) is 5.10 Å². The molecule has 1 aliphatic rings. The zero-order chi connectivity index (χ0) is 31.1. The molecule has 0 radical (unpaired) electrons. The SMILES string of the molecule is CC1(C)C(N(O)C(=O)Nc2ccc(Cl)cc2)N(c2ccc(Cl)cc2)C(=O)N1CCCCC(=O)N/N=C\c1ccc(Cl)cc1. The van der Waals surface area contributed by atoms with Crippen LogP contribution >= 0.6 is 34.8 Å². The number of amides is 5. The number of anilines is 2. The van der Waals surface area contributed by atoms with Gasteiger partial charge in [-0.2, -0.15) is 10.2 Å². The normalized spacial score (nSPS) is 16.0. The highest BCUT2D eigenvalue weighted by Crippen LogP contribution is 2.38. The van der Waals surface area contributed by atoms with Crippen molar-refractivity contribution < 1.29 is 19.6 Å². The van der Waals surface area contributed by atoms with Gasteiger partial charge in [0.2, 0.25) is 5.91 Å². The van der Waals surface area contributed by atoms with E-state index in [0.717, 1.165) is 5.56 Å². The van der Waals surface area contributed by atoms with E-state index in [1.807, 2.05) is 0 Å². The Labute approximate surface area is 264 Å². The van der Waals surface area contributed by atoms with Gasteiger partial charge < -0.3 is 10.2 Å². The Morgan fingerprint density at radius 1 is 0.930 bits per heavy atom. The van der Waals surface area contributed by atoms with Crippen molar-refractivity contribution in [3.05, 3.63) is 93.4 Å². The van der Waals surface area contributed by atoms with Crippen LogP contribution in [0.1, 0.15) is 38.7 Å². The van der Waals surface area contributed by atoms with Crippen molar-refractivity contribution in [2.75, 3.05) is 16.8 Å². The third-order valence-electron chi connectivity index (χ3n) is 6.96. The molecule has 3 aromatic carbocycles. The van der Waals surface area contributed by atoms with Crippen LogP contribution in [0.5, 0.6) is 0 Å². The van der Waals surface area contributed by atoms with Gasteiger partial charge in [0, 0.05) is 39.4 Å². The zero-order valence-electron chi connectivity index (χ0n) is 23.5. The van der Waals surface area contributed by atoms with Crippen LogP contribution < -0.4 is 15.6 Å². The van der Waals surface area contributed by atoms with Gasteiger partial charge >= 0.3 is 12.1 Å². The molecule has 1 heterocycles. The number of halogens is 3. The number of nitrogens with zero attached hydrogens (tertiary/aromatic N) is 4. The summed E-state index contributed by atoms with van der Waals surface area (Å²) in [5.74, 6) is -0.265. The van der Waals surface area contributed by atoms with Crippen LogP contribution in [0.3, 0.4) is 0 Å². The van der Waals surface area contributed by atoms with E-state index in [0.29, 0.717) is 44.3 Å². The molecule has 0 aliphatic carbocycles. The van der Waals surface area contributed by atoms with Crippen molar-refractivity contribution in [1.29, 1.82) is 0 Å². The van der Waals surface area contributed by atoms with E-state index in [4.69, 9.17) is 34.8 Å². The molecule has 1 saturated heterocycles. The molecule has 13 heteroatoms. The van der Waals surface area contributed by atoms with E-state index in [2.05, 4.69) is 15.8 Å². The summed E-state index contributed by atoms with van der Waals surface area (Å²) < 4.78 is 0. The molecule has 4 rings (SSSR count). The van der Waals surface area contributed by atoms with E-state index in [-0.39, 0.29) is 18.9 Å². The topological polar surface area (TPSA) is 118 Å². The zero-order valence-corrected chi connectivity index (χ0v) is 25.8. The van der Waals surface area contributed by atoms with Crippen LogP contribution in [0.25, 0.3) is 0 Å². The van der Waals surface area contributed by atoms with Crippen molar-refractivity contribution in [2.45, 2.75) is 44.8 Å². The number of carbonyl (C=O) groups is 3. The average molecular weight is 646 g/mol. The van der Waals surface area contributed by atoms with Crippen LogP contribution in [0, 0.1) is 0 Å². The molecule has 1 atom stereocenters. The summed E-state index contributed by atoms with van der Waals surface area (Å²) in [6, 6.07) is 18.7. The van der Waals surface area contributed by atoms with Gasteiger partial charge in [0.25, 0.3) is 0 Å². The number of unbranched alkanes of at least 4 members (excludes halogenated alkanes) is 1. The van der Waals surface area contributed by atoms with E-state index >= 15 is 0 Å². The highest BCUT2D eigenvalue weighted by atomic mass is 35.5. The highest BCUT2D eigenvalue weighted by molar-refractivity contribution is 6.31. The molecule has 43 heavy (non-hydrogen) atoms. The van der Waals surface area contributed by atoms with Crippen molar-refractivity contribution in [3.8, 4) is 0 Å². The minimum atomic E-state index is -1.10. The number of carbonyl (C=O) groups excluding carboxylic acids is 3. The van der Waals surface area contributed by atoms with Crippen LogP contribution in [-0.4, -0.2) is 57.6 Å². The van der Waals surface area contributed by atoms with Crippen LogP contribution in [0.2, 0.25) is 15.1 Å². The second kappa shape index (κ2) is 14.1. The molecule has 1 unspecified atom stereocenters. The Morgan fingerprint density at radius 2 is 1.49 bits per heavy atom. The monoisotopic (exact) mass is 644 g/mol. The predicted molar refractivity (Wildman–Crippen MR) is 169 cm³/mol. The summed E-state index contributed by atoms with van der Waals surface area (Å²) in [6.07, 6.45) is 1.59. The molecular formula is C30H31Cl3N6O4. The third-order valence-corrected chi connectivity index (χ3v) is 7.71. The largest absolute Gasteiger partial charge is 0.347 e. The lowest BCUT2D eigenvalue weighted by molar-refractivity contribution is -0.121. The van der Waals surface area contributed by atoms with Crippen molar-refractivity contribution in [3.63, 3.8) is 0 Å². The lowest BCUT2D eigenvalue weighted by Gasteiger charge is -2.38. The van der Waals surface area contributed by atoms with Gasteiger partial charge in [0.15, 0.2) is 6.17 Å². The summed E-state index contributed by atoms with van der Waals surface area (Å²) in [4.78, 5) is 42.2. The number of rotatable bonds is 10. The fourth-order valence-corrected chi connectivity index (χ4v) is 5.12. The average Bonchev–Trinajstić information content (AvgIpc) is 3.17. The molecule has 1 aliphatic heterocycles. The molecule has 226 valence electrons. The lowest BCUT2D eigenvalue weighted by atomic mass is 9.99. The summed E-state index contributed by atoms with van der Waals surface area (Å²) in [7, 11) is 0. The molecular weight excluding hydrogens is 615 g/mol. The second-order valence-electron chi connectivity index (χ2n) is 10.4. The fraction of sp³-hybridized carbons (Fsp3) is 0.267. The molecule has 3 aromatic rings. The number of hydrogen-bond donors (Lipinski definition) is 3. The summed E-state index contributed by atoms with van der Waals surface area (Å²) in [6.45, 7) is 3.81. The molecule has 0 aromatic heterocycles. The predicted octanol–water partition coefficient (Wildman–Crippen LogP) is 7.24. The van der Waals surface area contributed by atoms with E-state index < -0.39 is 23.8 Å². The molecule has 0 spiro atoms. The van der Waals surface area contributed by atoms with Gasteiger partial charge in [-0.25, -0.2) is 15.0 Å². The van der Waals surface area contributed by atoms with Crippen LogP contribution in [0.4, 0.5) is 21.0 Å². The number of urea groups is 2. The first-order valence-corrected chi connectivity index (χ1v) is 14.6. The van der Waals surface area contributed by atoms with Crippen molar-refractivity contribution >= 4 is 70.4 Å². The molecule has 0 saturated carbocycles. The van der Waals surface area contributed by atoms with E-state index in [1.165, 1.54) is 11.1 Å². The minimum absolute atomic E-state index is 0.195. The smallest absolute Gasteiger partial charge is 0.315 e. The maximum Gasteiger partial charge on any atom is 0.347 e. The maximum absolute atomic E-state index is 13.8. The summed E-state index contributed by atoms with van der Waals surface area (Å²) in [5.41, 5.74) is 3.12. The second-order valence-corrected chi connectivity index (χ2v) is 11.7. The molecule has 5 amide bonds. The summed E-state index contributed by atoms with van der Waals surface area (Å²) in [5, 5.41) is 19.9. The van der Waals surface area contributed by atoms with Gasteiger partial charge in [-0.3, -0.25) is 14.9 Å². The molecule has 0 bridgehead atoms. The number of hydrogen-bond acceptors (Lipinski definition) is 5. The number of hydrazone groups is 1. The van der Waals surface area contributed by atoms with Crippen molar-refractivity contribution in [1.82, 2.24) is 15.4 Å². The molecule has 10 nitrogen and oxygen atoms in total. The van der Waals surface area contributed by atoms with Gasteiger partial charge in [0.1, 0.15) is 0 Å². The van der Waals surface area contributed by atoms with Gasteiger partial charge in [0.05, 0.1) is 11.8 Å². The first-order valence-electron chi connectivity index (χ1n) is 13.5. The third kappa shape index (κ3) is 7.97. The Balaban J connectivity index is 1.42. The minimum Gasteiger partial charge on any atom is -0.315 e. The molecule has 1 fully saturated rings. The van der Waals surface area contributed by atoms with E-state index in [9.17, 15) is 19.6 Å². The van der Waals surface area contributed by atoms with Gasteiger partial charge in [-0.15, -0.1) is 0 Å². The quantitative estimate of drug-likeness (QED) is 0.0933. The Hall–Kier alpha value is -3.83. The highest BCUT2D eigenvalue weighted by Gasteiger charge is 2.55. The van der Waals surface area contributed by atoms with E-state index in [1.54, 1.807) is 91.5 Å². The Morgan fingerprint density at radius 3 is 2.09 bits per heavy atom. The Kier molecular flexibility index (Phi) is 10.5. The maximum atomic E-state index is 13.8. The first kappa shape index (κ1) is 32.1. The van der Waals surface area contributed by atoms with Crippen LogP contribution in [0.15, 0.2) is 77.9 Å². The van der Waals surface area contributed by atoms with Crippen LogP contribution in [-0.2, 0) is 4.79 Å². The Bertz CT molecular complexity index is 1470. The first-order chi connectivity index (χ1) is 20.5. The number of benzene rings is 3. The summed E-state index contributed by atoms with van der Waals surface area (Å²) >= 11 is 17.9. The lowest BCUT2D eigenvalue weighted by Crippen LogP contribution is -2.58. The standard InChI is InChI=1S/C30H31Cl3N6O4/c1-30(2)27(39(43)28(41)35-24-14-10-22(32)11-15-24)38(25-16-12-23(33)13-17-25)29(42)37(30)18-4-3-5-26(40)36-34-19-20-6-8-21(31)9-7-20/h6-17,19,27,43H,3-5,18H2,1-2H3,(H,35,41)(H,36,40)/b34-19-. The van der Waals surface area contributed by atoms with Gasteiger partial charge in [-0.05, 0) is 92.9 Å². The number of nitrogens with one attached hydrogen (secondary N) is 2. The van der Waals surface area contributed by atoms with Gasteiger partial charge in [-0.1, -0.05) is 46.9 Å². The molecule has 3 N–H and O–H groups in total. The number of hydroxylamine groups is 2. The fourth-order valence-electron chi connectivity index (χ4n) is 4.75.